The third-order valence-corrected chi connectivity index (χ3v) is 3.65. The summed E-state index contributed by atoms with van der Waals surface area (Å²) >= 11 is 0. The molecule has 1 aliphatic rings. The van der Waals surface area contributed by atoms with E-state index in [2.05, 4.69) is 12.2 Å². The molecule has 1 rings (SSSR count). The standard InChI is InChI=1S/C13H28N2/c1-2-3-4-7-10-15-13-9-6-5-8-12(13)11-14/h12-13,15H,2-11,14H2,1H3. The molecule has 3 N–H and O–H groups in total. The van der Waals surface area contributed by atoms with Crippen LogP contribution in [0.15, 0.2) is 0 Å². The highest BCUT2D eigenvalue weighted by molar-refractivity contribution is 4.81. The molecule has 0 aromatic heterocycles. The van der Waals surface area contributed by atoms with Crippen LogP contribution in [0.5, 0.6) is 0 Å². The van der Waals surface area contributed by atoms with E-state index < -0.39 is 0 Å². The first-order valence-corrected chi connectivity index (χ1v) is 6.82. The van der Waals surface area contributed by atoms with Crippen molar-refractivity contribution in [1.82, 2.24) is 5.32 Å². The lowest BCUT2D eigenvalue weighted by molar-refractivity contribution is 0.267. The first-order valence-electron chi connectivity index (χ1n) is 6.82. The van der Waals surface area contributed by atoms with Gasteiger partial charge in [0.05, 0.1) is 0 Å². The van der Waals surface area contributed by atoms with Gasteiger partial charge in [0.2, 0.25) is 0 Å². The number of rotatable bonds is 7. The van der Waals surface area contributed by atoms with Gasteiger partial charge in [-0.1, -0.05) is 39.0 Å². The summed E-state index contributed by atoms with van der Waals surface area (Å²) in [6, 6.07) is 0.713. The third-order valence-electron chi connectivity index (χ3n) is 3.65. The zero-order chi connectivity index (χ0) is 10.9. The van der Waals surface area contributed by atoms with E-state index in [9.17, 15) is 0 Å². The van der Waals surface area contributed by atoms with Gasteiger partial charge in [0.25, 0.3) is 0 Å². The van der Waals surface area contributed by atoms with E-state index in [0.29, 0.717) is 6.04 Å². The van der Waals surface area contributed by atoms with E-state index in [1.165, 1.54) is 57.9 Å². The predicted molar refractivity (Wildman–Crippen MR) is 66.9 cm³/mol. The Kier molecular flexibility index (Phi) is 7.03. The smallest absolute Gasteiger partial charge is 0.0107 e. The quantitative estimate of drug-likeness (QED) is 0.637. The molecule has 1 aliphatic carbocycles. The number of nitrogens with one attached hydrogen (secondary N) is 1. The van der Waals surface area contributed by atoms with Crippen LogP contribution in [0.25, 0.3) is 0 Å². The van der Waals surface area contributed by atoms with Crippen LogP contribution >= 0.6 is 0 Å². The number of hydrogen-bond donors (Lipinski definition) is 2. The molecule has 2 atom stereocenters. The second kappa shape index (κ2) is 8.12. The molecular weight excluding hydrogens is 184 g/mol. The van der Waals surface area contributed by atoms with Crippen LogP contribution in [0.4, 0.5) is 0 Å². The van der Waals surface area contributed by atoms with Gasteiger partial charge in [-0.2, -0.15) is 0 Å². The summed E-state index contributed by atoms with van der Waals surface area (Å²) in [7, 11) is 0. The average Bonchev–Trinajstić information content (AvgIpc) is 2.29. The summed E-state index contributed by atoms with van der Waals surface area (Å²) in [5.41, 5.74) is 5.81. The summed E-state index contributed by atoms with van der Waals surface area (Å²) in [6.07, 6.45) is 10.9. The van der Waals surface area contributed by atoms with Crippen LogP contribution in [0.3, 0.4) is 0 Å². The normalized spacial score (nSPS) is 26.8. The van der Waals surface area contributed by atoms with Crippen molar-refractivity contribution in [3.8, 4) is 0 Å². The molecule has 15 heavy (non-hydrogen) atoms. The van der Waals surface area contributed by atoms with Gasteiger partial charge in [0, 0.05) is 6.04 Å². The Labute approximate surface area is 95.0 Å². The molecule has 0 aromatic carbocycles. The predicted octanol–water partition coefficient (Wildman–Crippen LogP) is 2.67. The molecule has 0 bridgehead atoms. The Morgan fingerprint density at radius 2 is 1.93 bits per heavy atom. The second-order valence-corrected chi connectivity index (χ2v) is 4.90. The van der Waals surface area contributed by atoms with E-state index >= 15 is 0 Å². The molecule has 2 nitrogen and oxygen atoms in total. The van der Waals surface area contributed by atoms with Gasteiger partial charge in [-0.05, 0) is 38.3 Å². The molecule has 0 radical (unpaired) electrons. The van der Waals surface area contributed by atoms with Crippen LogP contribution in [-0.2, 0) is 0 Å². The highest BCUT2D eigenvalue weighted by Crippen LogP contribution is 2.23. The monoisotopic (exact) mass is 212 g/mol. The van der Waals surface area contributed by atoms with Gasteiger partial charge in [-0.3, -0.25) is 0 Å². The fourth-order valence-corrected chi connectivity index (χ4v) is 2.60. The molecule has 0 amide bonds. The molecule has 0 saturated heterocycles. The maximum atomic E-state index is 5.81. The Morgan fingerprint density at radius 3 is 2.67 bits per heavy atom. The zero-order valence-electron chi connectivity index (χ0n) is 10.3. The van der Waals surface area contributed by atoms with Gasteiger partial charge in [0.15, 0.2) is 0 Å². The second-order valence-electron chi connectivity index (χ2n) is 4.90. The minimum Gasteiger partial charge on any atom is -0.330 e. The first kappa shape index (κ1) is 13.0. The van der Waals surface area contributed by atoms with E-state index in [-0.39, 0.29) is 0 Å². The van der Waals surface area contributed by atoms with E-state index in [0.717, 1.165) is 12.5 Å². The van der Waals surface area contributed by atoms with Gasteiger partial charge < -0.3 is 11.1 Å². The van der Waals surface area contributed by atoms with Crippen LogP contribution in [0.2, 0.25) is 0 Å². The largest absolute Gasteiger partial charge is 0.330 e. The first-order chi connectivity index (χ1) is 7.38. The van der Waals surface area contributed by atoms with Crippen molar-refractivity contribution in [2.24, 2.45) is 11.7 Å². The lowest BCUT2D eigenvalue weighted by Gasteiger charge is -2.31. The fourth-order valence-electron chi connectivity index (χ4n) is 2.60. The SMILES string of the molecule is CCCCCCNC1CCCCC1CN. The van der Waals surface area contributed by atoms with Crippen molar-refractivity contribution in [2.45, 2.75) is 64.3 Å². The van der Waals surface area contributed by atoms with E-state index in [4.69, 9.17) is 5.73 Å². The highest BCUT2D eigenvalue weighted by Gasteiger charge is 2.22. The Hall–Kier alpha value is -0.0800. The van der Waals surface area contributed by atoms with Crippen molar-refractivity contribution in [3.63, 3.8) is 0 Å². The zero-order valence-corrected chi connectivity index (χ0v) is 10.3. The number of hydrogen-bond acceptors (Lipinski definition) is 2. The van der Waals surface area contributed by atoms with Crippen molar-refractivity contribution in [3.05, 3.63) is 0 Å². The van der Waals surface area contributed by atoms with Crippen LogP contribution in [-0.4, -0.2) is 19.1 Å². The highest BCUT2D eigenvalue weighted by atomic mass is 14.9. The van der Waals surface area contributed by atoms with Crippen LogP contribution in [0.1, 0.15) is 58.3 Å². The Balaban J connectivity index is 2.07. The Morgan fingerprint density at radius 1 is 1.13 bits per heavy atom. The number of unbranched alkanes of at least 4 members (excludes halogenated alkanes) is 3. The van der Waals surface area contributed by atoms with Crippen molar-refractivity contribution >= 4 is 0 Å². The van der Waals surface area contributed by atoms with Gasteiger partial charge in [-0.25, -0.2) is 0 Å². The molecule has 1 saturated carbocycles. The molecule has 0 aromatic rings. The average molecular weight is 212 g/mol. The molecule has 0 aliphatic heterocycles. The minimum absolute atomic E-state index is 0.713. The summed E-state index contributed by atoms with van der Waals surface area (Å²) in [5, 5.41) is 3.70. The lowest BCUT2D eigenvalue weighted by Crippen LogP contribution is -2.42. The third kappa shape index (κ3) is 4.98. The van der Waals surface area contributed by atoms with Gasteiger partial charge >= 0.3 is 0 Å². The fraction of sp³-hybridized carbons (Fsp3) is 1.00. The molecule has 0 heterocycles. The summed E-state index contributed by atoms with van der Waals surface area (Å²) in [6.45, 7) is 4.33. The maximum absolute atomic E-state index is 5.81. The van der Waals surface area contributed by atoms with E-state index in [1.54, 1.807) is 0 Å². The Bertz CT molecular complexity index is 147. The van der Waals surface area contributed by atoms with E-state index in [1.807, 2.05) is 0 Å². The molecular formula is C13H28N2. The summed E-state index contributed by atoms with van der Waals surface area (Å²) in [4.78, 5) is 0. The van der Waals surface area contributed by atoms with Crippen molar-refractivity contribution < 1.29 is 0 Å². The molecule has 2 heteroatoms. The molecule has 0 spiro atoms. The summed E-state index contributed by atoms with van der Waals surface area (Å²) < 4.78 is 0. The molecule has 1 fully saturated rings. The molecule has 2 unspecified atom stereocenters. The summed E-state index contributed by atoms with van der Waals surface area (Å²) in [5.74, 6) is 0.741. The van der Waals surface area contributed by atoms with Gasteiger partial charge in [0.1, 0.15) is 0 Å². The lowest BCUT2D eigenvalue weighted by atomic mass is 9.84. The van der Waals surface area contributed by atoms with Crippen LogP contribution in [0, 0.1) is 5.92 Å². The van der Waals surface area contributed by atoms with Crippen LogP contribution < -0.4 is 11.1 Å². The maximum Gasteiger partial charge on any atom is 0.0107 e. The minimum atomic E-state index is 0.713. The molecule has 90 valence electrons. The van der Waals surface area contributed by atoms with Crippen molar-refractivity contribution in [2.75, 3.05) is 13.1 Å². The topological polar surface area (TPSA) is 38.0 Å². The van der Waals surface area contributed by atoms with Gasteiger partial charge in [-0.15, -0.1) is 0 Å². The number of nitrogens with two attached hydrogens (primary N) is 1. The van der Waals surface area contributed by atoms with Crippen molar-refractivity contribution in [1.29, 1.82) is 0 Å².